The van der Waals surface area contributed by atoms with Crippen molar-refractivity contribution in [3.8, 4) is 35.5 Å². The predicted octanol–water partition coefficient (Wildman–Crippen LogP) is 2.63. The van der Waals surface area contributed by atoms with Gasteiger partial charge in [-0.25, -0.2) is 19.6 Å². The number of ether oxygens (including phenoxy) is 2. The van der Waals surface area contributed by atoms with Gasteiger partial charge in [-0.2, -0.15) is 0 Å². The van der Waals surface area contributed by atoms with E-state index in [9.17, 15) is 19.2 Å². The second-order valence-corrected chi connectivity index (χ2v) is 12.2. The number of methoxy groups -OCH3 is 2. The zero-order chi connectivity index (χ0) is 34.8. The van der Waals surface area contributed by atoms with Crippen molar-refractivity contribution in [3.63, 3.8) is 0 Å². The lowest BCUT2D eigenvalue weighted by Gasteiger charge is -2.29. The summed E-state index contributed by atoms with van der Waals surface area (Å²) < 4.78 is 9.39. The fraction of sp³-hybridized carbons (Fsp3) is 0.529. The number of likely N-dealkylation sites (tertiary alicyclic amines) is 2. The van der Waals surface area contributed by atoms with E-state index < -0.39 is 24.3 Å². The molecule has 2 aliphatic rings. The number of nitrogens with zero attached hydrogens (tertiary/aromatic N) is 4. The average molecular weight is 659 g/mol. The molecular weight excluding hydrogens is 616 g/mol. The number of imidazole rings is 2. The van der Waals surface area contributed by atoms with Gasteiger partial charge in [0.25, 0.3) is 0 Å². The molecule has 4 atom stereocenters. The van der Waals surface area contributed by atoms with Crippen molar-refractivity contribution in [1.29, 1.82) is 0 Å². The summed E-state index contributed by atoms with van der Waals surface area (Å²) in [6.07, 6.45) is 5.00. The normalized spacial score (nSPS) is 18.1. The van der Waals surface area contributed by atoms with E-state index in [1.807, 2.05) is 27.7 Å². The third-order valence-electron chi connectivity index (χ3n) is 8.26. The van der Waals surface area contributed by atoms with Crippen LogP contribution in [0.4, 0.5) is 9.59 Å². The molecular formula is C34H42N8O6. The maximum atomic E-state index is 13.3. The maximum absolute atomic E-state index is 13.3. The van der Waals surface area contributed by atoms with Crippen molar-refractivity contribution >= 4 is 24.0 Å². The second-order valence-electron chi connectivity index (χ2n) is 12.2. The van der Waals surface area contributed by atoms with E-state index in [-0.39, 0.29) is 35.7 Å². The van der Waals surface area contributed by atoms with Crippen molar-refractivity contribution in [2.75, 3.05) is 27.3 Å². The fourth-order valence-electron chi connectivity index (χ4n) is 5.78. The molecule has 14 heteroatoms. The first kappa shape index (κ1) is 35.4. The highest BCUT2D eigenvalue weighted by molar-refractivity contribution is 5.87. The molecule has 14 nitrogen and oxygen atoms in total. The lowest BCUT2D eigenvalue weighted by molar-refractivity contribution is -0.136. The molecule has 4 heterocycles. The Labute approximate surface area is 280 Å². The van der Waals surface area contributed by atoms with Crippen LogP contribution in [0.15, 0.2) is 12.4 Å². The summed E-state index contributed by atoms with van der Waals surface area (Å²) in [6.45, 7) is 8.59. The van der Waals surface area contributed by atoms with Gasteiger partial charge in [0.1, 0.15) is 35.1 Å². The van der Waals surface area contributed by atoms with Crippen LogP contribution in [0.1, 0.15) is 88.5 Å². The van der Waals surface area contributed by atoms with E-state index in [0.29, 0.717) is 36.1 Å². The van der Waals surface area contributed by atoms with Gasteiger partial charge >= 0.3 is 12.2 Å². The number of rotatable bonds is 8. The number of carbonyl (C=O) groups excluding carboxylic acids is 4. The molecule has 254 valence electrons. The Morgan fingerprint density at radius 1 is 0.729 bits per heavy atom. The monoisotopic (exact) mass is 658 g/mol. The topological polar surface area (TPSA) is 175 Å². The highest BCUT2D eigenvalue weighted by Gasteiger charge is 2.38. The van der Waals surface area contributed by atoms with E-state index in [0.717, 1.165) is 25.7 Å². The van der Waals surface area contributed by atoms with Gasteiger partial charge in [-0.05, 0) is 73.0 Å². The largest absolute Gasteiger partial charge is 0.453 e. The Morgan fingerprint density at radius 2 is 1.12 bits per heavy atom. The van der Waals surface area contributed by atoms with Crippen molar-refractivity contribution in [3.05, 3.63) is 35.4 Å². The molecule has 0 radical (unpaired) electrons. The van der Waals surface area contributed by atoms with E-state index in [2.05, 4.69) is 66.1 Å². The maximum Gasteiger partial charge on any atom is 0.407 e. The summed E-state index contributed by atoms with van der Waals surface area (Å²) in [6, 6.07) is -1.93. The van der Waals surface area contributed by atoms with Crippen LogP contribution < -0.4 is 10.6 Å². The van der Waals surface area contributed by atoms with E-state index in [1.165, 1.54) is 14.2 Å². The quantitative estimate of drug-likeness (QED) is 0.313. The number of hydrogen-bond acceptors (Lipinski definition) is 8. The standard InChI is InChI=1S/C34H42N8O6/c1-21(2)27(39-33(45)47-5)31(43)41-17-11-15-25(41)29-35-19-23(37-29)13-9-7-8-10-14-24-20-36-30(38-24)26-16-12-18-42(26)32(44)28(22(3)4)40-34(46)48-6/h19-22,25-28H,11-12,15-18H2,1-6H3,(H,35,37)(H,36,38)(H,39,45)(H,40,46). The van der Waals surface area contributed by atoms with Crippen LogP contribution in [0.25, 0.3) is 0 Å². The van der Waals surface area contributed by atoms with E-state index in [1.54, 1.807) is 22.2 Å². The number of carbonyl (C=O) groups is 4. The number of nitrogens with one attached hydrogen (secondary N) is 4. The Kier molecular flexibility index (Phi) is 12.1. The number of aromatic nitrogens is 4. The zero-order valence-corrected chi connectivity index (χ0v) is 28.1. The van der Waals surface area contributed by atoms with Gasteiger partial charge in [0.15, 0.2) is 0 Å². The molecule has 0 aromatic carbocycles. The van der Waals surface area contributed by atoms with Gasteiger partial charge < -0.3 is 39.9 Å². The highest BCUT2D eigenvalue weighted by Crippen LogP contribution is 2.32. The van der Waals surface area contributed by atoms with Crippen LogP contribution in [-0.2, 0) is 19.1 Å². The molecule has 2 saturated heterocycles. The minimum absolute atomic E-state index is 0.123. The number of amides is 4. The third-order valence-corrected chi connectivity index (χ3v) is 8.26. The van der Waals surface area contributed by atoms with E-state index >= 15 is 0 Å². The molecule has 4 unspecified atom stereocenters. The minimum Gasteiger partial charge on any atom is -0.453 e. The van der Waals surface area contributed by atoms with E-state index in [4.69, 9.17) is 9.47 Å². The van der Waals surface area contributed by atoms with Gasteiger partial charge in [-0.3, -0.25) is 9.59 Å². The lowest BCUT2D eigenvalue weighted by atomic mass is 10.0. The van der Waals surface area contributed by atoms with Crippen molar-refractivity contribution in [2.45, 2.75) is 77.5 Å². The number of alkyl carbamates (subject to hydrolysis) is 2. The first-order valence-corrected chi connectivity index (χ1v) is 16.0. The van der Waals surface area contributed by atoms with Gasteiger partial charge in [-0.1, -0.05) is 27.7 Å². The van der Waals surface area contributed by atoms with Crippen LogP contribution in [0, 0.1) is 47.4 Å². The molecule has 2 fully saturated rings. The summed E-state index contributed by atoms with van der Waals surface area (Å²) in [7, 11) is 2.53. The zero-order valence-electron chi connectivity index (χ0n) is 28.1. The number of hydrogen-bond donors (Lipinski definition) is 4. The predicted molar refractivity (Wildman–Crippen MR) is 174 cm³/mol. The van der Waals surface area contributed by atoms with Crippen LogP contribution in [0.2, 0.25) is 0 Å². The van der Waals surface area contributed by atoms with Crippen molar-refractivity contribution in [2.24, 2.45) is 11.8 Å². The SMILES string of the molecule is COC(=O)NC(C(=O)N1CCCC1c1ncc(C#CC#CC#Cc2cnc(C3CCCN3C(=O)C(NC(=O)OC)C(C)C)[nH]2)[nH]1)C(C)C. The molecule has 0 spiro atoms. The molecule has 48 heavy (non-hydrogen) atoms. The third kappa shape index (κ3) is 8.68. The number of H-pyrrole nitrogens is 2. The second kappa shape index (κ2) is 16.4. The summed E-state index contributed by atoms with van der Waals surface area (Å²) in [5.74, 6) is 17.4. The van der Waals surface area contributed by atoms with Gasteiger partial charge in [-0.15, -0.1) is 0 Å². The fourth-order valence-corrected chi connectivity index (χ4v) is 5.78. The van der Waals surface area contributed by atoms with Gasteiger partial charge in [0.05, 0.1) is 38.7 Å². The summed E-state index contributed by atoms with van der Waals surface area (Å²) in [4.78, 5) is 69.0. The Morgan fingerprint density at radius 3 is 1.48 bits per heavy atom. The Bertz CT molecular complexity index is 1560. The first-order chi connectivity index (χ1) is 23.0. The van der Waals surface area contributed by atoms with Crippen LogP contribution in [0.3, 0.4) is 0 Å². The molecule has 2 aromatic heterocycles. The number of aromatic amines is 2. The smallest absolute Gasteiger partial charge is 0.407 e. The average Bonchev–Trinajstić information content (AvgIpc) is 3.89. The molecule has 2 aliphatic heterocycles. The first-order valence-electron chi connectivity index (χ1n) is 16.0. The lowest BCUT2D eigenvalue weighted by Crippen LogP contribution is -2.51. The molecule has 4 amide bonds. The molecule has 0 saturated carbocycles. The summed E-state index contributed by atoms with van der Waals surface area (Å²) in [5.41, 5.74) is 1.10. The molecule has 0 bridgehead atoms. The summed E-state index contributed by atoms with van der Waals surface area (Å²) in [5, 5.41) is 5.28. The molecule has 0 aliphatic carbocycles. The highest BCUT2D eigenvalue weighted by atomic mass is 16.5. The van der Waals surface area contributed by atoms with Crippen molar-refractivity contribution in [1.82, 2.24) is 40.4 Å². The minimum atomic E-state index is -0.710. The van der Waals surface area contributed by atoms with Gasteiger partial charge in [0, 0.05) is 13.1 Å². The summed E-state index contributed by atoms with van der Waals surface area (Å²) >= 11 is 0. The Balaban J connectivity index is 1.36. The van der Waals surface area contributed by atoms with Crippen LogP contribution in [0.5, 0.6) is 0 Å². The van der Waals surface area contributed by atoms with Crippen LogP contribution in [-0.4, -0.2) is 93.1 Å². The Hall–Kier alpha value is -5.42. The molecule has 4 N–H and O–H groups in total. The van der Waals surface area contributed by atoms with Crippen molar-refractivity contribution < 1.29 is 28.7 Å². The molecule has 2 aromatic rings. The van der Waals surface area contributed by atoms with Gasteiger partial charge in [0.2, 0.25) is 11.8 Å². The molecule has 4 rings (SSSR count). The van der Waals surface area contributed by atoms with Crippen LogP contribution >= 0.6 is 0 Å².